The van der Waals surface area contributed by atoms with Gasteiger partial charge in [-0.15, -0.1) is 11.8 Å². The summed E-state index contributed by atoms with van der Waals surface area (Å²) in [5.74, 6) is -4.05. The smallest absolute Gasteiger partial charge is 0.408 e. The number of hydrogen-bond acceptors (Lipinski definition) is 11. The van der Waals surface area contributed by atoms with Crippen LogP contribution in [0, 0.1) is 0 Å². The summed E-state index contributed by atoms with van der Waals surface area (Å²) in [5, 5.41) is 13.3. The van der Waals surface area contributed by atoms with Gasteiger partial charge in [-0.05, 0) is 93.0 Å². The standard InChI is InChI=1S/C63H69N5O10S/c1-41(69)54(40-79-63(43-26-14-9-15-27-43,44-28-16-10-17-29-44)45-30-18-11-19-31-45)66-57(72)52(37-55(70)77-61(2,3)4)65-58(73)53(68-60(75)78-62(5,6)7)38-64-56(71)51(36-42-24-12-8-13-25-42)67-59(74)76-39-50-48-34-22-20-32-46(48)47-33-21-23-35-49(47)50/h8-35,50-54H,36-40H2,1-7H3,(H,64,71)(H,65,73)(H,66,72)(H,67,74)(H,68,75)/t51-,52+,53+,54+/m1/s1. The van der Waals surface area contributed by atoms with Crippen LogP contribution in [-0.2, 0) is 49.4 Å². The van der Waals surface area contributed by atoms with E-state index in [9.17, 15) is 33.6 Å². The highest BCUT2D eigenvalue weighted by atomic mass is 32.2. The van der Waals surface area contributed by atoms with Gasteiger partial charge in [0.05, 0.1) is 17.2 Å². The Morgan fingerprint density at radius 3 is 1.43 bits per heavy atom. The number of nitrogens with one attached hydrogen (secondary N) is 5. The molecule has 5 N–H and O–H groups in total. The van der Waals surface area contributed by atoms with Crippen molar-refractivity contribution in [1.29, 1.82) is 0 Å². The van der Waals surface area contributed by atoms with Crippen molar-refractivity contribution in [2.45, 2.75) is 107 Å². The van der Waals surface area contributed by atoms with Crippen LogP contribution in [0.15, 0.2) is 170 Å². The topological polar surface area (TPSA) is 207 Å². The maximum atomic E-state index is 14.6. The molecule has 6 aromatic rings. The van der Waals surface area contributed by atoms with Crippen LogP contribution in [0.4, 0.5) is 9.59 Å². The number of alkyl carbamates (subject to hydrolysis) is 2. The maximum Gasteiger partial charge on any atom is 0.408 e. The fourth-order valence-electron chi connectivity index (χ4n) is 9.37. The normalized spacial score (nSPS) is 13.7. The van der Waals surface area contributed by atoms with E-state index in [0.29, 0.717) is 5.56 Å². The Morgan fingerprint density at radius 1 is 0.494 bits per heavy atom. The fourth-order valence-corrected chi connectivity index (χ4v) is 11.0. The lowest BCUT2D eigenvalue weighted by Crippen LogP contribution is -2.60. The van der Waals surface area contributed by atoms with E-state index in [-0.39, 0.29) is 24.7 Å². The summed E-state index contributed by atoms with van der Waals surface area (Å²) in [6.07, 6.45) is -2.55. The van der Waals surface area contributed by atoms with E-state index in [1.54, 1.807) is 65.8 Å². The highest BCUT2D eigenvalue weighted by Gasteiger charge is 2.40. The van der Waals surface area contributed by atoms with Gasteiger partial charge < -0.3 is 40.8 Å². The van der Waals surface area contributed by atoms with Gasteiger partial charge in [-0.2, -0.15) is 0 Å². The molecule has 0 aromatic heterocycles. The maximum absolute atomic E-state index is 14.6. The van der Waals surface area contributed by atoms with Gasteiger partial charge in [0.15, 0.2) is 5.78 Å². The second-order valence-corrected chi connectivity index (χ2v) is 22.5. The number of ether oxygens (including phenoxy) is 3. The highest BCUT2D eigenvalue weighted by molar-refractivity contribution is 8.00. The monoisotopic (exact) mass is 1090 g/mol. The quantitative estimate of drug-likeness (QED) is 0.0246. The Morgan fingerprint density at radius 2 is 0.937 bits per heavy atom. The molecule has 0 saturated heterocycles. The van der Waals surface area contributed by atoms with Gasteiger partial charge in [-0.1, -0.05) is 170 Å². The number of fused-ring (bicyclic) bond motifs is 3. The van der Waals surface area contributed by atoms with Crippen LogP contribution >= 0.6 is 11.8 Å². The average Bonchev–Trinajstić information content (AvgIpc) is 3.96. The third kappa shape index (κ3) is 15.9. The molecular formula is C63H69N5O10S. The first-order valence-corrected chi connectivity index (χ1v) is 27.3. The molecule has 0 radical (unpaired) electrons. The Balaban J connectivity index is 1.11. The average molecular weight is 1090 g/mol. The number of carbonyl (C=O) groups excluding carboxylic acids is 7. The molecule has 15 nitrogen and oxygen atoms in total. The second-order valence-electron chi connectivity index (χ2n) is 21.3. The van der Waals surface area contributed by atoms with Crippen LogP contribution in [0.1, 0.15) is 94.2 Å². The van der Waals surface area contributed by atoms with E-state index in [2.05, 4.69) is 26.6 Å². The SMILES string of the molecule is CC(=O)[C@H](CSC(c1ccccc1)(c1ccccc1)c1ccccc1)NC(=O)[C@H](CC(=O)OC(C)(C)C)NC(=O)[C@H](CNC(=O)[C@@H](Cc1ccccc1)NC(=O)OCC1c2ccccc2-c2ccccc21)NC(=O)OC(C)(C)C. The minimum atomic E-state index is -1.66. The van der Waals surface area contributed by atoms with Gasteiger partial charge in [0.25, 0.3) is 0 Å². The molecule has 79 heavy (non-hydrogen) atoms. The lowest BCUT2D eigenvalue weighted by atomic mass is 9.84. The summed E-state index contributed by atoms with van der Waals surface area (Å²) >= 11 is 1.44. The van der Waals surface area contributed by atoms with Gasteiger partial charge in [-0.25, -0.2) is 9.59 Å². The molecule has 0 unspecified atom stereocenters. The third-order valence-corrected chi connectivity index (χ3v) is 14.6. The lowest BCUT2D eigenvalue weighted by molar-refractivity contribution is -0.156. The first-order chi connectivity index (χ1) is 37.7. The summed E-state index contributed by atoms with van der Waals surface area (Å²) < 4.78 is 16.1. The van der Waals surface area contributed by atoms with Gasteiger partial charge in [0.1, 0.15) is 35.9 Å². The van der Waals surface area contributed by atoms with Crippen molar-refractivity contribution in [2.75, 3.05) is 18.9 Å². The molecule has 7 rings (SSSR count). The Bertz CT molecular complexity index is 2930. The molecule has 1 aliphatic carbocycles. The number of thioether (sulfide) groups is 1. The summed E-state index contributed by atoms with van der Waals surface area (Å²) in [6.45, 7) is 10.6. The molecule has 5 amide bonds. The van der Waals surface area contributed by atoms with Crippen molar-refractivity contribution in [3.63, 3.8) is 0 Å². The van der Waals surface area contributed by atoms with Crippen molar-refractivity contribution in [3.05, 3.63) is 203 Å². The predicted molar refractivity (Wildman–Crippen MR) is 305 cm³/mol. The molecular weight excluding hydrogens is 1020 g/mol. The molecule has 0 saturated carbocycles. The summed E-state index contributed by atoms with van der Waals surface area (Å²) in [7, 11) is 0. The van der Waals surface area contributed by atoms with Gasteiger partial charge in [0, 0.05) is 24.6 Å². The third-order valence-electron chi connectivity index (χ3n) is 13.0. The molecule has 0 aliphatic heterocycles. The number of benzene rings is 6. The number of Topliss-reactive ketones (excluding diaryl/α,β-unsaturated/α-hetero) is 1. The molecule has 0 spiro atoms. The zero-order valence-electron chi connectivity index (χ0n) is 45.6. The van der Waals surface area contributed by atoms with E-state index >= 15 is 0 Å². The van der Waals surface area contributed by atoms with Gasteiger partial charge in [-0.3, -0.25) is 24.0 Å². The van der Waals surface area contributed by atoms with Gasteiger partial charge >= 0.3 is 18.2 Å². The summed E-state index contributed by atoms with van der Waals surface area (Å²) in [6, 6.07) is 48.6. The first kappa shape index (κ1) is 58.4. The summed E-state index contributed by atoms with van der Waals surface area (Å²) in [5.41, 5.74) is 5.60. The molecule has 412 valence electrons. The zero-order valence-corrected chi connectivity index (χ0v) is 46.4. The minimum Gasteiger partial charge on any atom is -0.460 e. The van der Waals surface area contributed by atoms with E-state index in [1.165, 1.54) is 18.7 Å². The Hall–Kier alpha value is -8.24. The van der Waals surface area contributed by atoms with Crippen LogP contribution in [0.2, 0.25) is 0 Å². The number of rotatable bonds is 22. The highest BCUT2D eigenvalue weighted by Crippen LogP contribution is 2.49. The molecule has 16 heteroatoms. The molecule has 4 atom stereocenters. The number of ketones is 1. The molecule has 0 bridgehead atoms. The van der Waals surface area contributed by atoms with Crippen LogP contribution in [0.5, 0.6) is 0 Å². The second kappa shape index (κ2) is 26.4. The van der Waals surface area contributed by atoms with E-state index in [1.807, 2.05) is 146 Å². The van der Waals surface area contributed by atoms with Gasteiger partial charge in [0.2, 0.25) is 17.7 Å². The number of esters is 1. The zero-order chi connectivity index (χ0) is 56.7. The van der Waals surface area contributed by atoms with E-state index < -0.39 is 94.7 Å². The molecule has 6 aromatic carbocycles. The predicted octanol–water partition coefficient (Wildman–Crippen LogP) is 9.16. The Labute approximate surface area is 466 Å². The number of carbonyl (C=O) groups is 7. The van der Waals surface area contributed by atoms with Crippen LogP contribution < -0.4 is 26.6 Å². The Kier molecular flexibility index (Phi) is 19.5. The van der Waals surface area contributed by atoms with Crippen molar-refractivity contribution in [2.24, 2.45) is 0 Å². The van der Waals surface area contributed by atoms with Crippen LogP contribution in [0.3, 0.4) is 0 Å². The van der Waals surface area contributed by atoms with E-state index in [0.717, 1.165) is 38.9 Å². The number of hydrogen-bond donors (Lipinski definition) is 5. The largest absolute Gasteiger partial charge is 0.460 e. The van der Waals surface area contributed by atoms with Crippen molar-refractivity contribution in [1.82, 2.24) is 26.6 Å². The lowest BCUT2D eigenvalue weighted by Gasteiger charge is -2.36. The molecule has 0 fully saturated rings. The van der Waals surface area contributed by atoms with Crippen LogP contribution in [0.25, 0.3) is 11.1 Å². The number of amides is 5. The van der Waals surface area contributed by atoms with Crippen LogP contribution in [-0.4, -0.2) is 95.9 Å². The van der Waals surface area contributed by atoms with Crippen molar-refractivity contribution < 1.29 is 47.8 Å². The minimum absolute atomic E-state index is 0.0124. The first-order valence-electron chi connectivity index (χ1n) is 26.3. The fraction of sp³-hybridized carbons (Fsp3) is 0.317. The van der Waals surface area contributed by atoms with Crippen molar-refractivity contribution >= 4 is 53.4 Å². The van der Waals surface area contributed by atoms with Crippen molar-refractivity contribution in [3.8, 4) is 11.1 Å². The molecule has 1 aliphatic rings. The van der Waals surface area contributed by atoms with E-state index in [4.69, 9.17) is 14.2 Å². The summed E-state index contributed by atoms with van der Waals surface area (Å²) in [4.78, 5) is 97.8. The molecule has 0 heterocycles.